The Hall–Kier alpha value is -2.88. The van der Waals surface area contributed by atoms with Crippen LogP contribution in [0.1, 0.15) is 31.9 Å². The highest BCUT2D eigenvalue weighted by atomic mass is 79.9. The Morgan fingerprint density at radius 1 is 0.974 bits per heavy atom. The Labute approximate surface area is 238 Å². The molecule has 10 heteroatoms. The van der Waals surface area contributed by atoms with Crippen LogP contribution in [0.4, 0.5) is 5.69 Å². The smallest absolute Gasteiger partial charge is 0.264 e. The molecule has 0 radical (unpaired) electrons. The number of rotatable bonds is 10. The van der Waals surface area contributed by atoms with Gasteiger partial charge in [-0.25, -0.2) is 8.42 Å². The van der Waals surface area contributed by atoms with Crippen LogP contribution in [0.2, 0.25) is 5.02 Å². The van der Waals surface area contributed by atoms with E-state index in [4.69, 9.17) is 11.6 Å². The van der Waals surface area contributed by atoms with Gasteiger partial charge in [0.15, 0.2) is 0 Å². The summed E-state index contributed by atoms with van der Waals surface area (Å²) in [5.74, 6) is -0.869. The van der Waals surface area contributed by atoms with Gasteiger partial charge in [0.25, 0.3) is 10.0 Å². The van der Waals surface area contributed by atoms with Crippen LogP contribution in [-0.4, -0.2) is 43.8 Å². The zero-order chi connectivity index (χ0) is 28.0. The van der Waals surface area contributed by atoms with Gasteiger partial charge in [-0.3, -0.25) is 13.9 Å². The Bertz CT molecular complexity index is 1400. The predicted molar refractivity (Wildman–Crippen MR) is 155 cm³/mol. The Morgan fingerprint density at radius 3 is 2.24 bits per heavy atom. The number of hydrogen-bond acceptors (Lipinski definition) is 4. The summed E-state index contributed by atoms with van der Waals surface area (Å²) in [6.07, 6.45) is 0. The molecule has 38 heavy (non-hydrogen) atoms. The number of halogens is 2. The number of carbonyl (C=O) groups excluding carboxylic acids is 2. The van der Waals surface area contributed by atoms with E-state index in [-0.39, 0.29) is 29.1 Å². The van der Waals surface area contributed by atoms with Gasteiger partial charge in [0.1, 0.15) is 12.6 Å². The molecule has 0 bridgehead atoms. The highest BCUT2D eigenvalue weighted by molar-refractivity contribution is 9.10. The van der Waals surface area contributed by atoms with Gasteiger partial charge in [-0.05, 0) is 75.7 Å². The fourth-order valence-electron chi connectivity index (χ4n) is 3.82. The monoisotopic (exact) mass is 619 g/mol. The summed E-state index contributed by atoms with van der Waals surface area (Å²) < 4.78 is 29.4. The number of amides is 2. The van der Waals surface area contributed by atoms with E-state index >= 15 is 0 Å². The average Bonchev–Trinajstić information content (AvgIpc) is 2.85. The number of nitrogens with zero attached hydrogens (tertiary/aromatic N) is 2. The average molecular weight is 621 g/mol. The molecule has 0 aliphatic heterocycles. The maximum atomic E-state index is 13.9. The number of benzene rings is 3. The van der Waals surface area contributed by atoms with Crippen LogP contribution in [-0.2, 0) is 26.2 Å². The molecular formula is C28H31BrClN3O4S. The van der Waals surface area contributed by atoms with E-state index in [9.17, 15) is 18.0 Å². The molecule has 202 valence electrons. The second kappa shape index (κ2) is 12.8. The van der Waals surface area contributed by atoms with Gasteiger partial charge in [-0.2, -0.15) is 0 Å². The molecule has 0 heterocycles. The van der Waals surface area contributed by atoms with Crippen LogP contribution >= 0.6 is 27.5 Å². The molecular weight excluding hydrogens is 590 g/mol. The second-order valence-corrected chi connectivity index (χ2v) is 12.5. The van der Waals surface area contributed by atoms with Crippen molar-refractivity contribution in [3.05, 3.63) is 93.4 Å². The maximum Gasteiger partial charge on any atom is 0.264 e. The number of anilines is 1. The topological polar surface area (TPSA) is 86.8 Å². The molecule has 0 fully saturated rings. The molecule has 0 spiro atoms. The first-order valence-corrected chi connectivity index (χ1v) is 14.7. The van der Waals surface area contributed by atoms with Gasteiger partial charge >= 0.3 is 0 Å². The zero-order valence-electron chi connectivity index (χ0n) is 21.7. The number of carbonyl (C=O) groups is 2. The Morgan fingerprint density at radius 2 is 1.63 bits per heavy atom. The number of nitrogens with one attached hydrogen (secondary N) is 1. The van der Waals surface area contributed by atoms with Crippen LogP contribution in [0.15, 0.2) is 82.2 Å². The second-order valence-electron chi connectivity index (χ2n) is 9.30. The first kappa shape index (κ1) is 29.7. The zero-order valence-corrected chi connectivity index (χ0v) is 24.8. The van der Waals surface area contributed by atoms with Gasteiger partial charge in [0.05, 0.1) is 10.6 Å². The van der Waals surface area contributed by atoms with Crippen LogP contribution < -0.4 is 9.62 Å². The normalized spacial score (nSPS) is 12.2. The summed E-state index contributed by atoms with van der Waals surface area (Å²) in [6.45, 7) is 6.74. The summed E-state index contributed by atoms with van der Waals surface area (Å²) in [5, 5.41) is 3.17. The number of aryl methyl sites for hydroxylation is 1. The predicted octanol–water partition coefficient (Wildman–Crippen LogP) is 5.55. The molecule has 0 aromatic heterocycles. The van der Waals surface area contributed by atoms with E-state index in [1.807, 2.05) is 45.0 Å². The summed E-state index contributed by atoms with van der Waals surface area (Å²) in [4.78, 5) is 28.2. The summed E-state index contributed by atoms with van der Waals surface area (Å²) in [7, 11) is -4.14. The summed E-state index contributed by atoms with van der Waals surface area (Å²) in [5.41, 5.74) is 1.93. The van der Waals surface area contributed by atoms with Gasteiger partial charge in [-0.1, -0.05) is 63.4 Å². The van der Waals surface area contributed by atoms with Gasteiger partial charge in [0.2, 0.25) is 11.8 Å². The third-order valence-electron chi connectivity index (χ3n) is 5.82. The van der Waals surface area contributed by atoms with Crippen LogP contribution in [0.3, 0.4) is 0 Å². The number of hydrogen-bond donors (Lipinski definition) is 1. The summed E-state index contributed by atoms with van der Waals surface area (Å²) >= 11 is 9.63. The lowest BCUT2D eigenvalue weighted by atomic mass is 10.1. The molecule has 1 atom stereocenters. The van der Waals surface area contributed by atoms with Gasteiger partial charge in [0, 0.05) is 22.1 Å². The van der Waals surface area contributed by atoms with E-state index in [1.54, 1.807) is 37.3 Å². The van der Waals surface area contributed by atoms with Crippen molar-refractivity contribution < 1.29 is 18.0 Å². The lowest BCUT2D eigenvalue weighted by Gasteiger charge is -2.32. The van der Waals surface area contributed by atoms with Gasteiger partial charge < -0.3 is 10.2 Å². The first-order valence-electron chi connectivity index (χ1n) is 12.1. The van der Waals surface area contributed by atoms with Crippen LogP contribution in [0, 0.1) is 6.92 Å². The SMILES string of the molecule is Cc1ccc(S(=O)(=O)N(CC(=O)N(Cc2cccc(Br)c2)C(C)C(=O)NC(C)C)c2cccc(Cl)c2)cc1. The van der Waals surface area contributed by atoms with Crippen molar-refractivity contribution in [3.8, 4) is 0 Å². The standard InChI is InChI=1S/C28H31BrClN3O4S/c1-19(2)31-28(35)21(4)32(17-22-7-5-8-23(29)15-22)27(34)18-33(25-10-6-9-24(30)16-25)38(36,37)26-13-11-20(3)12-14-26/h5-16,19,21H,17-18H2,1-4H3,(H,31,35). The van der Waals surface area contributed by atoms with E-state index in [0.29, 0.717) is 5.02 Å². The molecule has 3 aromatic rings. The molecule has 3 rings (SSSR count). The molecule has 0 saturated carbocycles. The highest BCUT2D eigenvalue weighted by Gasteiger charge is 2.32. The molecule has 0 aliphatic carbocycles. The lowest BCUT2D eigenvalue weighted by molar-refractivity contribution is -0.139. The molecule has 1 N–H and O–H groups in total. The minimum Gasteiger partial charge on any atom is -0.352 e. The van der Waals surface area contributed by atoms with Crippen molar-refractivity contribution in [1.82, 2.24) is 10.2 Å². The molecule has 7 nitrogen and oxygen atoms in total. The molecule has 2 amide bonds. The third kappa shape index (κ3) is 7.58. The molecule has 0 saturated heterocycles. The van der Waals surface area contributed by atoms with Crippen LogP contribution in [0.25, 0.3) is 0 Å². The maximum absolute atomic E-state index is 13.9. The lowest BCUT2D eigenvalue weighted by Crippen LogP contribution is -2.52. The molecule has 0 aliphatic rings. The highest BCUT2D eigenvalue weighted by Crippen LogP contribution is 2.27. The third-order valence-corrected chi connectivity index (χ3v) is 8.34. The van der Waals surface area contributed by atoms with E-state index in [0.717, 1.165) is 19.9 Å². The Balaban J connectivity index is 2.03. The van der Waals surface area contributed by atoms with E-state index in [2.05, 4.69) is 21.2 Å². The fourth-order valence-corrected chi connectivity index (χ4v) is 5.85. The fraction of sp³-hybridized carbons (Fsp3) is 0.286. The van der Waals surface area contributed by atoms with Gasteiger partial charge in [-0.15, -0.1) is 0 Å². The van der Waals surface area contributed by atoms with Crippen molar-refractivity contribution in [2.24, 2.45) is 0 Å². The van der Waals surface area contributed by atoms with Crippen LogP contribution in [0.5, 0.6) is 0 Å². The first-order chi connectivity index (χ1) is 17.9. The van der Waals surface area contributed by atoms with Crippen molar-refractivity contribution in [2.45, 2.75) is 51.2 Å². The quantitative estimate of drug-likeness (QED) is 0.322. The van der Waals surface area contributed by atoms with Crippen molar-refractivity contribution >= 4 is 55.1 Å². The molecule has 1 unspecified atom stereocenters. The van der Waals surface area contributed by atoms with Crippen molar-refractivity contribution in [2.75, 3.05) is 10.8 Å². The Kier molecular flexibility index (Phi) is 9.98. The van der Waals surface area contributed by atoms with Crippen molar-refractivity contribution in [3.63, 3.8) is 0 Å². The largest absolute Gasteiger partial charge is 0.352 e. The summed E-state index contributed by atoms with van der Waals surface area (Å²) in [6, 6.07) is 19.1. The van der Waals surface area contributed by atoms with E-state index in [1.165, 1.54) is 23.1 Å². The molecule has 3 aromatic carbocycles. The van der Waals surface area contributed by atoms with Crippen molar-refractivity contribution in [1.29, 1.82) is 0 Å². The minimum atomic E-state index is -4.14. The van der Waals surface area contributed by atoms with E-state index < -0.39 is 28.5 Å². The minimum absolute atomic E-state index is 0.0417. The number of sulfonamides is 1.